The van der Waals surface area contributed by atoms with Gasteiger partial charge < -0.3 is 19.3 Å². The van der Waals surface area contributed by atoms with Gasteiger partial charge in [-0.2, -0.15) is 4.98 Å². The smallest absolute Gasteiger partial charge is 0.327 e. The van der Waals surface area contributed by atoms with Gasteiger partial charge >= 0.3 is 6.03 Å². The number of aliphatic hydroxyl groups is 1. The van der Waals surface area contributed by atoms with Crippen LogP contribution in [0.2, 0.25) is 5.02 Å². The summed E-state index contributed by atoms with van der Waals surface area (Å²) >= 11 is 5.85. The van der Waals surface area contributed by atoms with Gasteiger partial charge in [0.15, 0.2) is 5.82 Å². The number of morpholine rings is 1. The zero-order chi connectivity index (χ0) is 19.7. The molecule has 28 heavy (non-hydrogen) atoms. The van der Waals surface area contributed by atoms with Gasteiger partial charge in [0, 0.05) is 18.0 Å². The molecule has 3 heterocycles. The Bertz CT molecular complexity index is 871. The molecule has 2 aliphatic rings. The van der Waals surface area contributed by atoms with Crippen LogP contribution >= 0.6 is 11.6 Å². The highest BCUT2D eigenvalue weighted by Crippen LogP contribution is 2.23. The minimum Gasteiger partial charge on any atom is -0.388 e. The lowest BCUT2D eigenvalue weighted by Gasteiger charge is -2.42. The Labute approximate surface area is 165 Å². The van der Waals surface area contributed by atoms with E-state index in [1.165, 1.54) is 0 Å². The van der Waals surface area contributed by atoms with Crippen molar-refractivity contribution in [3.8, 4) is 0 Å². The van der Waals surface area contributed by atoms with E-state index in [1.54, 1.807) is 29.2 Å². The number of imide groups is 1. The van der Waals surface area contributed by atoms with Crippen molar-refractivity contribution in [3.05, 3.63) is 46.6 Å². The summed E-state index contributed by atoms with van der Waals surface area (Å²) in [6, 6.07) is 6.24. The molecule has 0 aliphatic carbocycles. The Morgan fingerprint density at radius 1 is 1.29 bits per heavy atom. The van der Waals surface area contributed by atoms with Crippen molar-refractivity contribution in [2.75, 3.05) is 19.8 Å². The molecule has 1 aromatic heterocycles. The minimum absolute atomic E-state index is 0.0915. The summed E-state index contributed by atoms with van der Waals surface area (Å²) in [5.74, 6) is 0.142. The van der Waals surface area contributed by atoms with E-state index in [1.807, 2.05) is 0 Å². The Hall–Kier alpha value is -2.49. The van der Waals surface area contributed by atoms with Crippen molar-refractivity contribution in [3.63, 3.8) is 0 Å². The number of urea groups is 1. The second kappa shape index (κ2) is 7.86. The van der Waals surface area contributed by atoms with Crippen molar-refractivity contribution in [1.82, 2.24) is 19.9 Å². The molecule has 0 bridgehead atoms. The van der Waals surface area contributed by atoms with Gasteiger partial charge in [0.05, 0.1) is 31.8 Å². The summed E-state index contributed by atoms with van der Waals surface area (Å²) in [6.07, 6.45) is -0.476. The van der Waals surface area contributed by atoms with Crippen LogP contribution in [0, 0.1) is 0 Å². The van der Waals surface area contributed by atoms with Gasteiger partial charge in [0.1, 0.15) is 6.54 Å². The predicted molar refractivity (Wildman–Crippen MR) is 96.3 cm³/mol. The predicted octanol–water partition coefficient (Wildman–Crippen LogP) is 1.55. The van der Waals surface area contributed by atoms with Crippen molar-refractivity contribution in [1.29, 1.82) is 0 Å². The molecule has 4 rings (SSSR count). The highest BCUT2D eigenvalue weighted by Gasteiger charge is 2.40. The second-order valence-corrected chi connectivity index (χ2v) is 7.20. The molecular weight excluding hydrogens is 388 g/mol. The number of hydrogen-bond donors (Lipinski definition) is 1. The van der Waals surface area contributed by atoms with Gasteiger partial charge in [0.25, 0.3) is 0 Å². The van der Waals surface area contributed by atoms with E-state index in [2.05, 4.69) is 10.1 Å². The molecule has 2 aliphatic heterocycles. The van der Waals surface area contributed by atoms with E-state index in [-0.39, 0.29) is 43.3 Å². The Kier molecular flexibility index (Phi) is 5.29. The van der Waals surface area contributed by atoms with Crippen molar-refractivity contribution in [2.24, 2.45) is 0 Å². The van der Waals surface area contributed by atoms with Crippen LogP contribution in [-0.2, 0) is 22.5 Å². The molecule has 1 N–H and O–H groups in total. The number of hydrogen-bond acceptors (Lipinski definition) is 7. The number of benzene rings is 1. The fourth-order valence-corrected chi connectivity index (χ4v) is 3.48. The number of ether oxygens (including phenoxy) is 1. The fraction of sp³-hybridized carbons (Fsp3) is 0.444. The molecule has 148 valence electrons. The fourth-order valence-electron chi connectivity index (χ4n) is 3.35. The third-order valence-electron chi connectivity index (χ3n) is 4.85. The number of fused-ring (bicyclic) bond motifs is 1. The molecule has 0 radical (unpaired) electrons. The highest BCUT2D eigenvalue weighted by molar-refractivity contribution is 6.30. The van der Waals surface area contributed by atoms with E-state index in [4.69, 9.17) is 20.9 Å². The molecule has 1 aromatic carbocycles. The van der Waals surface area contributed by atoms with Crippen molar-refractivity contribution < 1.29 is 24.0 Å². The lowest BCUT2D eigenvalue weighted by Crippen LogP contribution is -2.60. The maximum Gasteiger partial charge on any atom is 0.327 e. The van der Waals surface area contributed by atoms with Crippen LogP contribution in [-0.4, -0.2) is 62.8 Å². The van der Waals surface area contributed by atoms with Crippen LogP contribution < -0.4 is 0 Å². The quantitative estimate of drug-likeness (QED) is 0.802. The van der Waals surface area contributed by atoms with Gasteiger partial charge in [-0.1, -0.05) is 28.9 Å². The van der Waals surface area contributed by atoms with Gasteiger partial charge in [-0.05, 0) is 17.7 Å². The number of carbonyl (C=O) groups excluding carboxylic acids is 2. The summed E-state index contributed by atoms with van der Waals surface area (Å²) in [4.78, 5) is 31.9. The molecule has 2 aromatic rings. The average Bonchev–Trinajstić information content (AvgIpc) is 3.12. The van der Waals surface area contributed by atoms with Gasteiger partial charge in [-0.25, -0.2) is 4.79 Å². The lowest BCUT2D eigenvalue weighted by atomic mass is 10.1. The van der Waals surface area contributed by atoms with Crippen LogP contribution in [0.4, 0.5) is 4.79 Å². The molecule has 0 spiro atoms. The summed E-state index contributed by atoms with van der Waals surface area (Å²) in [5, 5.41) is 14.7. The highest BCUT2D eigenvalue weighted by atomic mass is 35.5. The Balaban J connectivity index is 1.41. The van der Waals surface area contributed by atoms with E-state index in [0.29, 0.717) is 36.2 Å². The monoisotopic (exact) mass is 406 g/mol. The van der Waals surface area contributed by atoms with Gasteiger partial charge in [-0.3, -0.25) is 9.69 Å². The lowest BCUT2D eigenvalue weighted by molar-refractivity contribution is -0.136. The van der Waals surface area contributed by atoms with Crippen LogP contribution in [0.25, 0.3) is 0 Å². The molecule has 0 saturated carbocycles. The first-order valence-corrected chi connectivity index (χ1v) is 9.33. The summed E-state index contributed by atoms with van der Waals surface area (Å²) in [7, 11) is 0. The number of rotatable bonds is 5. The molecule has 9 nitrogen and oxygen atoms in total. The minimum atomic E-state index is -0.824. The second-order valence-electron chi connectivity index (χ2n) is 6.76. The number of aliphatic hydroxyl groups excluding tert-OH is 1. The Morgan fingerprint density at radius 2 is 2.07 bits per heavy atom. The molecule has 2 atom stereocenters. The summed E-state index contributed by atoms with van der Waals surface area (Å²) in [6.45, 7) is 1.19. The SMILES string of the molecule is O=C1C[C@@H]2COCCN2C(=O)N1Cc1nc(C[C@H](O)c2ccc(Cl)cc2)no1. The van der Waals surface area contributed by atoms with Crippen LogP contribution in [0.1, 0.15) is 29.8 Å². The summed E-state index contributed by atoms with van der Waals surface area (Å²) in [5.41, 5.74) is 0.676. The normalized spacial score (nSPS) is 21.0. The van der Waals surface area contributed by atoms with Crippen molar-refractivity contribution >= 4 is 23.5 Å². The summed E-state index contributed by atoms with van der Waals surface area (Å²) < 4.78 is 10.5. The van der Waals surface area contributed by atoms with Gasteiger partial charge in [-0.15, -0.1) is 0 Å². The largest absolute Gasteiger partial charge is 0.388 e. The zero-order valence-electron chi connectivity index (χ0n) is 15.0. The number of carbonyl (C=O) groups is 2. The number of amides is 3. The zero-order valence-corrected chi connectivity index (χ0v) is 15.7. The Morgan fingerprint density at radius 3 is 2.86 bits per heavy atom. The first-order chi connectivity index (χ1) is 13.5. The molecule has 0 unspecified atom stereocenters. The first kappa shape index (κ1) is 18.9. The van der Waals surface area contributed by atoms with Gasteiger partial charge in [0.2, 0.25) is 11.8 Å². The molecule has 10 heteroatoms. The third kappa shape index (κ3) is 3.87. The number of nitrogens with zero attached hydrogens (tertiary/aromatic N) is 4. The topological polar surface area (TPSA) is 109 Å². The maximum absolute atomic E-state index is 12.6. The maximum atomic E-state index is 12.6. The van der Waals surface area contributed by atoms with E-state index in [9.17, 15) is 14.7 Å². The van der Waals surface area contributed by atoms with E-state index in [0.717, 1.165) is 4.90 Å². The third-order valence-corrected chi connectivity index (χ3v) is 5.10. The number of aromatic nitrogens is 2. The van der Waals surface area contributed by atoms with Crippen LogP contribution in [0.3, 0.4) is 0 Å². The molecule has 2 fully saturated rings. The molecular formula is C18H19ClN4O5. The van der Waals surface area contributed by atoms with E-state index >= 15 is 0 Å². The standard InChI is InChI=1S/C18H19ClN4O5/c19-12-3-1-11(2-4-12)14(24)8-15-20-16(28-21-15)9-23-17(25)7-13-10-27-6-5-22(13)18(23)26/h1-4,13-14,24H,5-10H2/t13-,14+/m1/s1. The van der Waals surface area contributed by atoms with Crippen molar-refractivity contribution in [2.45, 2.75) is 31.5 Å². The average molecular weight is 407 g/mol. The van der Waals surface area contributed by atoms with E-state index < -0.39 is 6.10 Å². The molecule has 3 amide bonds. The first-order valence-electron chi connectivity index (χ1n) is 8.95. The molecule has 2 saturated heterocycles. The van der Waals surface area contributed by atoms with Crippen LogP contribution in [0.15, 0.2) is 28.8 Å². The van der Waals surface area contributed by atoms with Crippen LogP contribution in [0.5, 0.6) is 0 Å². The number of halogens is 1.